The minimum absolute atomic E-state index is 0.0854. The van der Waals surface area contributed by atoms with E-state index in [2.05, 4.69) is 0 Å². The number of rotatable bonds is 9. The molecule has 1 heterocycles. The predicted molar refractivity (Wildman–Crippen MR) is 149 cm³/mol. The summed E-state index contributed by atoms with van der Waals surface area (Å²) in [5.41, 5.74) is 0.705. The zero-order chi connectivity index (χ0) is 30.2. The SMILES string of the molecule is CCOc1c2c(c(OCC)c3ccccc13)C(=O)N(c1ccc(CC(=O)NS(=O)(=O)c3cc(F)ccc3F)cc1)C2=O. The highest BCUT2D eigenvalue weighted by molar-refractivity contribution is 7.90. The van der Waals surface area contributed by atoms with Gasteiger partial charge in [-0.1, -0.05) is 36.4 Å². The van der Waals surface area contributed by atoms with Crippen LogP contribution in [0.4, 0.5) is 14.5 Å². The summed E-state index contributed by atoms with van der Waals surface area (Å²) >= 11 is 0. The van der Waals surface area contributed by atoms with Gasteiger partial charge in [-0.3, -0.25) is 14.4 Å². The molecule has 5 rings (SSSR count). The summed E-state index contributed by atoms with van der Waals surface area (Å²) in [6, 6.07) is 14.8. The van der Waals surface area contributed by atoms with Gasteiger partial charge in [0.1, 0.15) is 28.0 Å². The maximum atomic E-state index is 13.9. The maximum Gasteiger partial charge on any atom is 0.270 e. The lowest BCUT2D eigenvalue weighted by Crippen LogP contribution is -2.32. The van der Waals surface area contributed by atoms with Crippen LogP contribution in [0.3, 0.4) is 0 Å². The number of benzene rings is 4. The third-order valence-corrected chi connectivity index (χ3v) is 7.91. The van der Waals surface area contributed by atoms with Gasteiger partial charge in [0.05, 0.1) is 36.4 Å². The van der Waals surface area contributed by atoms with Gasteiger partial charge in [-0.05, 0) is 49.7 Å². The van der Waals surface area contributed by atoms with Gasteiger partial charge in [0.2, 0.25) is 5.91 Å². The summed E-state index contributed by atoms with van der Waals surface area (Å²) < 4.78 is 65.6. The fraction of sp³-hybridized carbons (Fsp3) is 0.167. The zero-order valence-electron chi connectivity index (χ0n) is 22.4. The van der Waals surface area contributed by atoms with Gasteiger partial charge in [-0.15, -0.1) is 0 Å². The third-order valence-electron chi connectivity index (χ3n) is 6.52. The van der Waals surface area contributed by atoms with Crippen LogP contribution in [0.15, 0.2) is 71.6 Å². The first kappa shape index (κ1) is 28.7. The van der Waals surface area contributed by atoms with Gasteiger partial charge < -0.3 is 9.47 Å². The molecule has 0 unspecified atom stereocenters. The standard InChI is InChI=1S/C30H24F2N2O7S/c1-3-40-27-20-7-5-6-8-21(20)28(41-4-2)26-25(27)29(36)34(30(26)37)19-12-9-17(10-13-19)15-24(35)33-42(38,39)23-16-18(31)11-14-22(23)32/h5-14,16H,3-4,15H2,1-2H3,(H,33,35). The topological polar surface area (TPSA) is 119 Å². The van der Waals surface area contributed by atoms with Crippen LogP contribution in [0.2, 0.25) is 0 Å². The molecule has 12 heteroatoms. The van der Waals surface area contributed by atoms with Crippen molar-refractivity contribution in [2.24, 2.45) is 0 Å². The Bertz CT molecular complexity index is 1790. The lowest BCUT2D eigenvalue weighted by atomic mass is 9.99. The molecule has 42 heavy (non-hydrogen) atoms. The maximum absolute atomic E-state index is 13.9. The second-order valence-electron chi connectivity index (χ2n) is 9.21. The second-order valence-corrected chi connectivity index (χ2v) is 10.9. The van der Waals surface area contributed by atoms with Crippen LogP contribution in [0.5, 0.6) is 11.5 Å². The first-order valence-corrected chi connectivity index (χ1v) is 14.4. The lowest BCUT2D eigenvalue weighted by Gasteiger charge is -2.15. The van der Waals surface area contributed by atoms with Gasteiger partial charge in [0.25, 0.3) is 21.8 Å². The van der Waals surface area contributed by atoms with Crippen molar-refractivity contribution in [2.75, 3.05) is 18.1 Å². The van der Waals surface area contributed by atoms with Crippen molar-refractivity contribution in [3.05, 3.63) is 95.1 Å². The highest BCUT2D eigenvalue weighted by atomic mass is 32.2. The molecule has 0 aromatic heterocycles. The number of hydrogen-bond donors (Lipinski definition) is 1. The van der Waals surface area contributed by atoms with E-state index in [0.717, 1.165) is 11.0 Å². The van der Waals surface area contributed by atoms with E-state index in [1.165, 1.54) is 24.3 Å². The molecule has 0 spiro atoms. The molecular formula is C30H24F2N2O7S. The van der Waals surface area contributed by atoms with Crippen LogP contribution in [-0.2, 0) is 21.2 Å². The average Bonchev–Trinajstić information content (AvgIpc) is 3.21. The van der Waals surface area contributed by atoms with E-state index in [-0.39, 0.29) is 41.5 Å². The summed E-state index contributed by atoms with van der Waals surface area (Å²) in [4.78, 5) is 39.8. The van der Waals surface area contributed by atoms with Crippen molar-refractivity contribution >= 4 is 44.2 Å². The minimum atomic E-state index is -4.67. The number of carbonyl (C=O) groups excluding carboxylic acids is 3. The van der Waals surface area contributed by atoms with Crippen molar-refractivity contribution in [2.45, 2.75) is 25.2 Å². The molecule has 1 aliphatic rings. The van der Waals surface area contributed by atoms with Crippen molar-refractivity contribution in [1.29, 1.82) is 0 Å². The number of amides is 3. The van der Waals surface area contributed by atoms with E-state index < -0.39 is 50.7 Å². The second kappa shape index (κ2) is 11.2. The van der Waals surface area contributed by atoms with E-state index in [4.69, 9.17) is 9.47 Å². The van der Waals surface area contributed by atoms with E-state index in [1.807, 2.05) is 0 Å². The molecule has 1 aliphatic heterocycles. The summed E-state index contributed by atoms with van der Waals surface area (Å²) in [6.45, 7) is 4.05. The number of anilines is 1. The molecule has 0 bridgehead atoms. The highest BCUT2D eigenvalue weighted by Gasteiger charge is 2.43. The molecule has 0 atom stereocenters. The van der Waals surface area contributed by atoms with Crippen LogP contribution >= 0.6 is 0 Å². The largest absolute Gasteiger partial charge is 0.492 e. The molecule has 9 nitrogen and oxygen atoms in total. The molecule has 0 saturated carbocycles. The number of sulfonamides is 1. The Morgan fingerprint density at radius 2 is 1.38 bits per heavy atom. The summed E-state index contributed by atoms with van der Waals surface area (Å²) in [5, 5.41) is 1.25. The number of ether oxygens (including phenoxy) is 2. The molecule has 3 amide bonds. The Hall–Kier alpha value is -4.84. The molecule has 4 aromatic rings. The van der Waals surface area contributed by atoms with Crippen molar-refractivity contribution < 1.29 is 41.1 Å². The van der Waals surface area contributed by atoms with Crippen LogP contribution in [0.1, 0.15) is 40.1 Å². The number of halogens is 2. The number of hydrogen-bond acceptors (Lipinski definition) is 7. The molecule has 0 saturated heterocycles. The fourth-order valence-corrected chi connectivity index (χ4v) is 5.87. The van der Waals surface area contributed by atoms with E-state index in [9.17, 15) is 31.6 Å². The van der Waals surface area contributed by atoms with Crippen molar-refractivity contribution in [3.63, 3.8) is 0 Å². The van der Waals surface area contributed by atoms with Gasteiger partial charge >= 0.3 is 0 Å². The van der Waals surface area contributed by atoms with E-state index >= 15 is 0 Å². The van der Waals surface area contributed by atoms with E-state index in [1.54, 1.807) is 42.8 Å². The summed E-state index contributed by atoms with van der Waals surface area (Å²) in [6.07, 6.45) is -0.438. The molecule has 4 aromatic carbocycles. The quantitative estimate of drug-likeness (QED) is 0.278. The number of nitrogens with one attached hydrogen (secondary N) is 1. The van der Waals surface area contributed by atoms with Gasteiger partial charge in [0, 0.05) is 10.8 Å². The summed E-state index contributed by atoms with van der Waals surface area (Å²) in [5.74, 6) is -3.87. The number of nitrogens with zero attached hydrogens (tertiary/aromatic N) is 1. The molecule has 216 valence electrons. The Morgan fingerprint density at radius 1 is 0.833 bits per heavy atom. The smallest absolute Gasteiger partial charge is 0.270 e. The Morgan fingerprint density at radius 3 is 1.90 bits per heavy atom. The number of fused-ring (bicyclic) bond motifs is 2. The average molecular weight is 595 g/mol. The highest BCUT2D eigenvalue weighted by Crippen LogP contribution is 2.46. The molecule has 0 radical (unpaired) electrons. The molecule has 1 N–H and O–H groups in total. The first-order valence-electron chi connectivity index (χ1n) is 12.9. The monoisotopic (exact) mass is 594 g/mol. The minimum Gasteiger partial charge on any atom is -0.492 e. The first-order chi connectivity index (χ1) is 20.1. The fourth-order valence-electron chi connectivity index (χ4n) is 4.79. The van der Waals surface area contributed by atoms with Crippen LogP contribution < -0.4 is 19.1 Å². The Balaban J connectivity index is 1.43. The Labute approximate surface area is 239 Å². The normalized spacial score (nSPS) is 12.9. The van der Waals surface area contributed by atoms with E-state index in [0.29, 0.717) is 28.5 Å². The third kappa shape index (κ3) is 5.05. The molecular weight excluding hydrogens is 570 g/mol. The van der Waals surface area contributed by atoms with Crippen molar-refractivity contribution in [1.82, 2.24) is 4.72 Å². The summed E-state index contributed by atoms with van der Waals surface area (Å²) in [7, 11) is -4.67. The van der Waals surface area contributed by atoms with Crippen molar-refractivity contribution in [3.8, 4) is 11.5 Å². The number of imide groups is 1. The number of carbonyl (C=O) groups is 3. The van der Waals surface area contributed by atoms with Crippen LogP contribution in [0.25, 0.3) is 10.8 Å². The van der Waals surface area contributed by atoms with Crippen LogP contribution in [0, 0.1) is 11.6 Å². The Kier molecular flexibility index (Phi) is 7.65. The van der Waals surface area contributed by atoms with Gasteiger partial charge in [-0.2, -0.15) is 0 Å². The van der Waals surface area contributed by atoms with Crippen LogP contribution in [-0.4, -0.2) is 39.4 Å². The zero-order valence-corrected chi connectivity index (χ0v) is 23.3. The predicted octanol–water partition coefficient (Wildman–Crippen LogP) is 4.76. The van der Waals surface area contributed by atoms with Gasteiger partial charge in [0.15, 0.2) is 0 Å². The van der Waals surface area contributed by atoms with Gasteiger partial charge in [-0.25, -0.2) is 26.8 Å². The molecule has 0 aliphatic carbocycles. The lowest BCUT2D eigenvalue weighted by molar-refractivity contribution is -0.118. The molecule has 0 fully saturated rings.